The number of nitrogens with two attached hydrogens (primary N) is 1. The highest BCUT2D eigenvalue weighted by Gasteiger charge is 2.21. The summed E-state index contributed by atoms with van der Waals surface area (Å²) in [5.74, 6) is 0.152. The number of amides is 1. The molecule has 1 amide bonds. The van der Waals surface area contributed by atoms with E-state index in [0.717, 1.165) is 23.8 Å². The number of nitrogens with one attached hydrogen (secondary N) is 1. The Kier molecular flexibility index (Phi) is 3.86. The lowest BCUT2D eigenvalue weighted by Gasteiger charge is -2.11. The third-order valence-electron chi connectivity index (χ3n) is 2.78. The number of nitrogens with zero attached hydrogens (tertiary/aromatic N) is 2. The molecule has 2 heterocycles. The zero-order valence-corrected chi connectivity index (χ0v) is 11.3. The van der Waals surface area contributed by atoms with Crippen molar-refractivity contribution >= 4 is 28.2 Å². The second kappa shape index (κ2) is 5.39. The van der Waals surface area contributed by atoms with Gasteiger partial charge >= 0.3 is 0 Å². The van der Waals surface area contributed by atoms with Crippen molar-refractivity contribution in [2.45, 2.75) is 19.8 Å². The van der Waals surface area contributed by atoms with Gasteiger partial charge in [-0.1, -0.05) is 23.5 Å². The van der Waals surface area contributed by atoms with Gasteiger partial charge < -0.3 is 16.0 Å². The lowest BCUT2D eigenvalue weighted by Crippen LogP contribution is -2.24. The largest absolute Gasteiger partial charge is 0.382 e. The van der Waals surface area contributed by atoms with E-state index in [1.54, 1.807) is 0 Å². The summed E-state index contributed by atoms with van der Waals surface area (Å²) in [4.78, 5) is 18.9. The fourth-order valence-corrected chi connectivity index (χ4v) is 2.79. The van der Waals surface area contributed by atoms with E-state index >= 15 is 0 Å². The molecule has 1 saturated heterocycles. The maximum absolute atomic E-state index is 11.9. The number of hydrogen-bond donors (Lipinski definition) is 2. The van der Waals surface area contributed by atoms with Gasteiger partial charge in [0, 0.05) is 19.6 Å². The molecular weight excluding hydrogens is 248 g/mol. The van der Waals surface area contributed by atoms with Crippen LogP contribution < -0.4 is 16.0 Å². The average Bonchev–Trinajstić information content (AvgIpc) is 2.94. The molecule has 6 heteroatoms. The summed E-state index contributed by atoms with van der Waals surface area (Å²) in [5, 5.41) is 3.63. The highest BCUT2D eigenvalue weighted by atomic mass is 32.1. The van der Waals surface area contributed by atoms with E-state index in [-0.39, 0.29) is 5.91 Å². The molecule has 0 aromatic carbocycles. The summed E-state index contributed by atoms with van der Waals surface area (Å²) >= 11 is 1.36. The zero-order valence-electron chi connectivity index (χ0n) is 10.5. The van der Waals surface area contributed by atoms with Crippen molar-refractivity contribution in [3.05, 3.63) is 17.0 Å². The molecule has 1 aromatic rings. The summed E-state index contributed by atoms with van der Waals surface area (Å²) in [6.07, 6.45) is 2.35. The number of carbonyl (C=O) groups is 1. The van der Waals surface area contributed by atoms with E-state index in [9.17, 15) is 4.79 Å². The van der Waals surface area contributed by atoms with Crippen LogP contribution in [0.5, 0.6) is 0 Å². The Balaban J connectivity index is 2.08. The Labute approximate surface area is 111 Å². The zero-order chi connectivity index (χ0) is 13.1. The first kappa shape index (κ1) is 12.9. The van der Waals surface area contributed by atoms with Crippen molar-refractivity contribution < 1.29 is 4.79 Å². The average molecular weight is 266 g/mol. The topological polar surface area (TPSA) is 71.2 Å². The molecule has 3 N–H and O–H groups in total. The smallest absolute Gasteiger partial charge is 0.265 e. The fourth-order valence-electron chi connectivity index (χ4n) is 1.84. The maximum Gasteiger partial charge on any atom is 0.265 e. The minimum atomic E-state index is -0.168. The first-order valence-corrected chi connectivity index (χ1v) is 6.83. The molecule has 98 valence electrons. The Morgan fingerprint density at radius 1 is 1.56 bits per heavy atom. The van der Waals surface area contributed by atoms with Crippen LogP contribution in [0.3, 0.4) is 0 Å². The number of carbonyl (C=O) groups excluding carboxylic acids is 1. The number of nitrogen functional groups attached to an aromatic ring is 1. The van der Waals surface area contributed by atoms with E-state index in [0.29, 0.717) is 17.2 Å². The van der Waals surface area contributed by atoms with Gasteiger partial charge in [0.1, 0.15) is 10.7 Å². The van der Waals surface area contributed by atoms with E-state index in [1.165, 1.54) is 24.2 Å². The van der Waals surface area contributed by atoms with E-state index in [4.69, 9.17) is 5.73 Å². The van der Waals surface area contributed by atoms with Crippen LogP contribution in [0.1, 0.15) is 29.4 Å². The van der Waals surface area contributed by atoms with Gasteiger partial charge in [0.15, 0.2) is 5.13 Å². The van der Waals surface area contributed by atoms with Gasteiger partial charge in [-0.25, -0.2) is 4.98 Å². The van der Waals surface area contributed by atoms with Crippen molar-refractivity contribution in [2.24, 2.45) is 0 Å². The van der Waals surface area contributed by atoms with E-state index < -0.39 is 0 Å². The number of thiazole rings is 1. The molecule has 0 radical (unpaired) electrons. The minimum Gasteiger partial charge on any atom is -0.382 e. The molecule has 18 heavy (non-hydrogen) atoms. The lowest BCUT2D eigenvalue weighted by atomic mass is 10.3. The van der Waals surface area contributed by atoms with E-state index in [1.807, 2.05) is 6.92 Å². The van der Waals surface area contributed by atoms with Gasteiger partial charge in [0.2, 0.25) is 0 Å². The SMILES string of the molecule is C=C(C)CNC(=O)c1sc(N2CCCC2)nc1N. The summed E-state index contributed by atoms with van der Waals surface area (Å²) in [6.45, 7) is 8.08. The molecule has 0 aliphatic carbocycles. The van der Waals surface area contributed by atoms with Crippen LogP contribution in [0, 0.1) is 0 Å². The normalized spacial score (nSPS) is 14.8. The first-order chi connectivity index (χ1) is 8.58. The quantitative estimate of drug-likeness (QED) is 0.813. The van der Waals surface area contributed by atoms with Crippen LogP contribution in [0.15, 0.2) is 12.2 Å². The summed E-state index contributed by atoms with van der Waals surface area (Å²) < 4.78 is 0. The van der Waals surface area contributed by atoms with Crippen molar-refractivity contribution in [2.75, 3.05) is 30.3 Å². The second-order valence-electron chi connectivity index (χ2n) is 4.54. The Morgan fingerprint density at radius 3 is 2.83 bits per heavy atom. The number of aromatic nitrogens is 1. The summed E-state index contributed by atoms with van der Waals surface area (Å²) in [7, 11) is 0. The lowest BCUT2D eigenvalue weighted by molar-refractivity contribution is 0.0961. The van der Waals surface area contributed by atoms with Crippen LogP contribution in [-0.4, -0.2) is 30.5 Å². The molecule has 2 rings (SSSR count). The van der Waals surface area contributed by atoms with Crippen molar-refractivity contribution in [3.8, 4) is 0 Å². The van der Waals surface area contributed by atoms with Gasteiger partial charge in [-0.3, -0.25) is 4.79 Å². The van der Waals surface area contributed by atoms with Crippen molar-refractivity contribution in [1.29, 1.82) is 0 Å². The highest BCUT2D eigenvalue weighted by Crippen LogP contribution is 2.30. The molecule has 0 bridgehead atoms. The van der Waals surface area contributed by atoms with Gasteiger partial charge in [-0.15, -0.1) is 0 Å². The number of rotatable bonds is 4. The van der Waals surface area contributed by atoms with Gasteiger partial charge in [0.25, 0.3) is 5.91 Å². The predicted octanol–water partition coefficient (Wildman–Crippen LogP) is 1.63. The molecule has 5 nitrogen and oxygen atoms in total. The molecule has 0 saturated carbocycles. The molecule has 0 unspecified atom stereocenters. The van der Waals surface area contributed by atoms with Crippen LogP contribution in [0.2, 0.25) is 0 Å². The third-order valence-corrected chi connectivity index (χ3v) is 3.91. The van der Waals surface area contributed by atoms with Crippen LogP contribution in [-0.2, 0) is 0 Å². The Bertz CT molecular complexity index is 463. The van der Waals surface area contributed by atoms with Crippen LogP contribution >= 0.6 is 11.3 Å². The maximum atomic E-state index is 11.9. The molecule has 0 spiro atoms. The molecule has 1 aliphatic rings. The highest BCUT2D eigenvalue weighted by molar-refractivity contribution is 7.18. The monoisotopic (exact) mass is 266 g/mol. The van der Waals surface area contributed by atoms with Crippen LogP contribution in [0.25, 0.3) is 0 Å². The molecule has 0 atom stereocenters. The Morgan fingerprint density at radius 2 is 2.22 bits per heavy atom. The summed E-state index contributed by atoms with van der Waals surface area (Å²) in [5.41, 5.74) is 6.71. The van der Waals surface area contributed by atoms with E-state index in [2.05, 4.69) is 21.8 Å². The molecule has 1 aliphatic heterocycles. The first-order valence-electron chi connectivity index (χ1n) is 6.01. The van der Waals surface area contributed by atoms with Crippen molar-refractivity contribution in [1.82, 2.24) is 10.3 Å². The Hall–Kier alpha value is -1.56. The summed E-state index contributed by atoms with van der Waals surface area (Å²) in [6, 6.07) is 0. The molecule has 1 fully saturated rings. The third kappa shape index (κ3) is 2.81. The van der Waals surface area contributed by atoms with Gasteiger partial charge in [-0.05, 0) is 19.8 Å². The van der Waals surface area contributed by atoms with Gasteiger partial charge in [0.05, 0.1) is 0 Å². The predicted molar refractivity (Wildman–Crippen MR) is 75.1 cm³/mol. The fraction of sp³-hybridized carbons (Fsp3) is 0.500. The number of hydrogen-bond acceptors (Lipinski definition) is 5. The number of anilines is 2. The van der Waals surface area contributed by atoms with Crippen LogP contribution in [0.4, 0.5) is 10.9 Å². The molecular formula is C12H18N4OS. The second-order valence-corrected chi connectivity index (χ2v) is 5.52. The molecule has 1 aromatic heterocycles. The van der Waals surface area contributed by atoms with Crippen molar-refractivity contribution in [3.63, 3.8) is 0 Å². The minimum absolute atomic E-state index is 0.168. The van der Waals surface area contributed by atoms with Gasteiger partial charge in [-0.2, -0.15) is 0 Å². The standard InChI is InChI=1S/C12H18N4OS/c1-8(2)7-14-11(17)9-10(13)15-12(18-9)16-5-3-4-6-16/h1,3-7,13H2,2H3,(H,14,17).